The highest BCUT2D eigenvalue weighted by atomic mass is 14.7. The predicted octanol–water partition coefficient (Wildman–Crippen LogP) is 5.42. The molecule has 0 aliphatic heterocycles. The molecule has 1 heterocycles. The average molecular weight is 283 g/mol. The maximum absolute atomic E-state index is 5.01. The van der Waals surface area contributed by atoms with Crippen LogP contribution >= 0.6 is 0 Å². The van der Waals surface area contributed by atoms with Crippen molar-refractivity contribution in [1.29, 1.82) is 0 Å². The van der Waals surface area contributed by atoms with Crippen LogP contribution in [0.3, 0.4) is 0 Å². The fourth-order valence-electron chi connectivity index (χ4n) is 4.00. The summed E-state index contributed by atoms with van der Waals surface area (Å²) in [5.74, 6) is 0. The maximum atomic E-state index is 5.01. The van der Waals surface area contributed by atoms with Crippen molar-refractivity contribution in [3.63, 3.8) is 0 Å². The number of benzene rings is 3. The minimum absolute atomic E-state index is 1.09. The van der Waals surface area contributed by atoms with E-state index in [2.05, 4.69) is 54.6 Å². The standard InChI is InChI=1S/C21H17N/c1-6-12-20-14(7-1)13-19-17-10-3-2-8-15(17)16-9-4-5-11-18(16)21(19)22-20/h1,4-7,9,11-13H,2-3,8,10H2. The van der Waals surface area contributed by atoms with Gasteiger partial charge in [0.1, 0.15) is 0 Å². The van der Waals surface area contributed by atoms with Gasteiger partial charge in [0, 0.05) is 16.2 Å². The zero-order valence-corrected chi connectivity index (χ0v) is 12.5. The molecule has 0 radical (unpaired) electrons. The number of hydrogen-bond donors (Lipinski definition) is 0. The van der Waals surface area contributed by atoms with Crippen LogP contribution in [-0.4, -0.2) is 4.98 Å². The molecule has 0 saturated heterocycles. The molecule has 1 nitrogen and oxygen atoms in total. The number of rotatable bonds is 0. The van der Waals surface area contributed by atoms with E-state index in [1.807, 2.05) is 0 Å². The SMILES string of the molecule is c1ccc2nc3c(cc2c1)c1c(c2ccccc23)CCCC1. The second kappa shape index (κ2) is 4.54. The molecule has 0 unspecified atom stereocenters. The van der Waals surface area contributed by atoms with E-state index in [-0.39, 0.29) is 0 Å². The van der Waals surface area contributed by atoms with Crippen LogP contribution in [0, 0.1) is 0 Å². The summed E-state index contributed by atoms with van der Waals surface area (Å²) < 4.78 is 0. The van der Waals surface area contributed by atoms with Gasteiger partial charge >= 0.3 is 0 Å². The molecule has 1 aliphatic carbocycles. The van der Waals surface area contributed by atoms with Gasteiger partial charge in [0.15, 0.2) is 0 Å². The van der Waals surface area contributed by atoms with Crippen molar-refractivity contribution in [2.45, 2.75) is 25.7 Å². The van der Waals surface area contributed by atoms with Crippen LogP contribution in [0.5, 0.6) is 0 Å². The van der Waals surface area contributed by atoms with Gasteiger partial charge in [-0.25, -0.2) is 4.98 Å². The Morgan fingerprint density at radius 2 is 1.36 bits per heavy atom. The van der Waals surface area contributed by atoms with E-state index in [4.69, 9.17) is 4.98 Å². The van der Waals surface area contributed by atoms with Crippen LogP contribution in [0.2, 0.25) is 0 Å². The predicted molar refractivity (Wildman–Crippen MR) is 93.4 cm³/mol. The number of aromatic nitrogens is 1. The van der Waals surface area contributed by atoms with Crippen LogP contribution in [0.25, 0.3) is 32.6 Å². The van der Waals surface area contributed by atoms with Crippen molar-refractivity contribution in [3.05, 3.63) is 65.7 Å². The molecule has 0 amide bonds. The third kappa shape index (κ3) is 1.62. The molecule has 0 atom stereocenters. The molecule has 0 bridgehead atoms. The lowest BCUT2D eigenvalue weighted by Crippen LogP contribution is -2.05. The van der Waals surface area contributed by atoms with Crippen LogP contribution in [0.1, 0.15) is 24.0 Å². The first-order valence-corrected chi connectivity index (χ1v) is 8.14. The minimum atomic E-state index is 1.09. The fourth-order valence-corrected chi connectivity index (χ4v) is 4.00. The Labute approximate surface area is 129 Å². The summed E-state index contributed by atoms with van der Waals surface area (Å²) in [6.07, 6.45) is 5.01. The fraction of sp³-hybridized carbons (Fsp3) is 0.190. The van der Waals surface area contributed by atoms with E-state index in [1.165, 1.54) is 52.7 Å². The zero-order valence-electron chi connectivity index (χ0n) is 12.5. The molecular weight excluding hydrogens is 266 g/mol. The molecule has 4 aromatic rings. The lowest BCUT2D eigenvalue weighted by molar-refractivity contribution is 0.694. The molecule has 106 valence electrons. The number of para-hydroxylation sites is 1. The minimum Gasteiger partial charge on any atom is -0.247 e. The average Bonchev–Trinajstić information content (AvgIpc) is 2.61. The third-order valence-corrected chi connectivity index (χ3v) is 5.02. The first-order valence-electron chi connectivity index (χ1n) is 8.14. The normalized spacial score (nSPS) is 14.5. The lowest BCUT2D eigenvalue weighted by Gasteiger charge is -2.21. The highest BCUT2D eigenvalue weighted by molar-refractivity contribution is 6.11. The number of nitrogens with zero attached hydrogens (tertiary/aromatic N) is 1. The summed E-state index contributed by atoms with van der Waals surface area (Å²) in [4.78, 5) is 5.01. The number of fused-ring (bicyclic) bond motifs is 7. The highest BCUT2D eigenvalue weighted by Crippen LogP contribution is 2.37. The number of aryl methyl sites for hydroxylation is 2. The topological polar surface area (TPSA) is 12.9 Å². The van der Waals surface area contributed by atoms with Gasteiger partial charge in [-0.3, -0.25) is 0 Å². The third-order valence-electron chi connectivity index (χ3n) is 5.02. The van der Waals surface area contributed by atoms with E-state index >= 15 is 0 Å². The maximum Gasteiger partial charge on any atom is 0.0791 e. The molecule has 5 rings (SSSR count). The molecule has 1 aromatic heterocycles. The first-order chi connectivity index (χ1) is 10.9. The Bertz CT molecular complexity index is 1030. The zero-order chi connectivity index (χ0) is 14.5. The molecule has 1 aliphatic rings. The Hall–Kier alpha value is -2.41. The van der Waals surface area contributed by atoms with Crippen molar-refractivity contribution in [2.24, 2.45) is 0 Å². The van der Waals surface area contributed by atoms with Crippen LogP contribution < -0.4 is 0 Å². The van der Waals surface area contributed by atoms with E-state index in [9.17, 15) is 0 Å². The highest BCUT2D eigenvalue weighted by Gasteiger charge is 2.18. The molecule has 0 saturated carbocycles. The van der Waals surface area contributed by atoms with Gasteiger partial charge in [-0.2, -0.15) is 0 Å². The Kier molecular flexibility index (Phi) is 2.51. The quantitative estimate of drug-likeness (QED) is 0.310. The van der Waals surface area contributed by atoms with Crippen molar-refractivity contribution >= 4 is 32.6 Å². The van der Waals surface area contributed by atoms with E-state index in [1.54, 1.807) is 11.1 Å². The summed E-state index contributed by atoms with van der Waals surface area (Å²) >= 11 is 0. The summed E-state index contributed by atoms with van der Waals surface area (Å²) in [6.45, 7) is 0. The number of hydrogen-bond acceptors (Lipinski definition) is 1. The van der Waals surface area contributed by atoms with E-state index < -0.39 is 0 Å². The van der Waals surface area contributed by atoms with Gasteiger partial charge in [-0.15, -0.1) is 0 Å². The van der Waals surface area contributed by atoms with Gasteiger partial charge in [0.05, 0.1) is 11.0 Å². The second-order valence-corrected chi connectivity index (χ2v) is 6.29. The van der Waals surface area contributed by atoms with Crippen LogP contribution in [-0.2, 0) is 12.8 Å². The van der Waals surface area contributed by atoms with Crippen molar-refractivity contribution < 1.29 is 0 Å². The molecular formula is C21H17N. The lowest BCUT2D eigenvalue weighted by atomic mass is 9.84. The molecule has 22 heavy (non-hydrogen) atoms. The summed E-state index contributed by atoms with van der Waals surface area (Å²) in [7, 11) is 0. The second-order valence-electron chi connectivity index (χ2n) is 6.29. The molecule has 1 heteroatoms. The van der Waals surface area contributed by atoms with Crippen molar-refractivity contribution in [1.82, 2.24) is 4.98 Å². The van der Waals surface area contributed by atoms with Gasteiger partial charge < -0.3 is 0 Å². The molecule has 3 aromatic carbocycles. The summed E-state index contributed by atoms with van der Waals surface area (Å²) in [5, 5.41) is 5.33. The first kappa shape index (κ1) is 12.2. The Balaban J connectivity index is 2.06. The Morgan fingerprint density at radius 1 is 0.682 bits per heavy atom. The monoisotopic (exact) mass is 283 g/mol. The van der Waals surface area contributed by atoms with Crippen LogP contribution in [0.4, 0.5) is 0 Å². The van der Waals surface area contributed by atoms with E-state index in [0.717, 1.165) is 5.52 Å². The number of pyridine rings is 1. The van der Waals surface area contributed by atoms with Gasteiger partial charge in [-0.1, -0.05) is 42.5 Å². The van der Waals surface area contributed by atoms with Crippen LogP contribution in [0.15, 0.2) is 54.6 Å². The van der Waals surface area contributed by atoms with Gasteiger partial charge in [0.2, 0.25) is 0 Å². The smallest absolute Gasteiger partial charge is 0.0791 e. The molecule has 0 fully saturated rings. The summed E-state index contributed by atoms with van der Waals surface area (Å²) in [5.41, 5.74) is 5.37. The van der Waals surface area contributed by atoms with Gasteiger partial charge in [-0.05, 0) is 54.3 Å². The van der Waals surface area contributed by atoms with Crippen molar-refractivity contribution in [3.8, 4) is 0 Å². The van der Waals surface area contributed by atoms with Gasteiger partial charge in [0.25, 0.3) is 0 Å². The molecule has 0 N–H and O–H groups in total. The summed E-state index contributed by atoms with van der Waals surface area (Å²) in [6, 6.07) is 19.6. The molecule has 0 spiro atoms. The van der Waals surface area contributed by atoms with Crippen molar-refractivity contribution in [2.75, 3.05) is 0 Å². The Morgan fingerprint density at radius 3 is 2.23 bits per heavy atom. The largest absolute Gasteiger partial charge is 0.247 e. The van der Waals surface area contributed by atoms with E-state index in [0.29, 0.717) is 0 Å².